The number of benzene rings is 2. The Morgan fingerprint density at radius 3 is 2.53 bits per heavy atom. The van der Waals surface area contributed by atoms with Gasteiger partial charge in [0, 0.05) is 25.3 Å². The van der Waals surface area contributed by atoms with Crippen LogP contribution in [0.3, 0.4) is 0 Å². The first-order chi connectivity index (χ1) is 15.6. The smallest absolute Gasteiger partial charge is 0.232 e. The predicted molar refractivity (Wildman–Crippen MR) is 128 cm³/mol. The van der Waals surface area contributed by atoms with Crippen LogP contribution < -0.4 is 20.7 Å². The molecular formula is C24H31N7O. The molecule has 3 aromatic rings. The molecule has 2 heterocycles. The molecule has 0 saturated carbocycles. The number of nitrogens with two attached hydrogens (primary N) is 1. The van der Waals surface area contributed by atoms with Gasteiger partial charge < -0.3 is 20.7 Å². The van der Waals surface area contributed by atoms with Gasteiger partial charge in [-0.1, -0.05) is 30.3 Å². The van der Waals surface area contributed by atoms with Gasteiger partial charge in [0.2, 0.25) is 11.9 Å². The molecule has 0 atom stereocenters. The molecule has 4 rings (SSSR count). The van der Waals surface area contributed by atoms with Crippen LogP contribution in [0.1, 0.15) is 30.7 Å². The van der Waals surface area contributed by atoms with Crippen molar-refractivity contribution in [2.45, 2.75) is 32.4 Å². The minimum Gasteiger partial charge on any atom is -0.495 e. The number of nitrogens with zero attached hydrogens (tertiary/aromatic N) is 5. The molecule has 1 saturated heterocycles. The fourth-order valence-electron chi connectivity index (χ4n) is 4.11. The van der Waals surface area contributed by atoms with Gasteiger partial charge in [-0.25, -0.2) is 0 Å². The van der Waals surface area contributed by atoms with Crippen molar-refractivity contribution in [3.05, 3.63) is 59.9 Å². The van der Waals surface area contributed by atoms with E-state index >= 15 is 0 Å². The third kappa shape index (κ3) is 5.45. The zero-order valence-electron chi connectivity index (χ0n) is 18.8. The van der Waals surface area contributed by atoms with Gasteiger partial charge in [0.05, 0.1) is 19.3 Å². The summed E-state index contributed by atoms with van der Waals surface area (Å²) in [5, 5.41) is 3.19. The monoisotopic (exact) mass is 433 g/mol. The second-order valence-corrected chi connectivity index (χ2v) is 8.11. The SMILES string of the molecule is COc1ccccc1Nc1nc(N)nc(CN(C)Cc2ccccc2N2CCCCC2)n1. The van der Waals surface area contributed by atoms with Gasteiger partial charge in [-0.2, -0.15) is 15.0 Å². The Bertz CT molecular complexity index is 1040. The number of methoxy groups -OCH3 is 1. The Balaban J connectivity index is 1.47. The number of rotatable bonds is 8. The first-order valence-corrected chi connectivity index (χ1v) is 11.0. The predicted octanol–water partition coefficient (Wildman–Crippen LogP) is 3.83. The van der Waals surface area contributed by atoms with Crippen LogP contribution in [0.15, 0.2) is 48.5 Å². The van der Waals surface area contributed by atoms with Crippen LogP contribution >= 0.6 is 0 Å². The van der Waals surface area contributed by atoms with Gasteiger partial charge in [0.15, 0.2) is 0 Å². The van der Waals surface area contributed by atoms with Crippen LogP contribution in [0.25, 0.3) is 0 Å². The highest BCUT2D eigenvalue weighted by Crippen LogP contribution is 2.27. The normalized spacial score (nSPS) is 13.9. The fourth-order valence-corrected chi connectivity index (χ4v) is 4.11. The average Bonchev–Trinajstić information content (AvgIpc) is 2.80. The third-order valence-corrected chi connectivity index (χ3v) is 5.59. The van der Waals surface area contributed by atoms with Crippen LogP contribution in [-0.2, 0) is 13.1 Å². The van der Waals surface area contributed by atoms with Gasteiger partial charge >= 0.3 is 0 Å². The number of aromatic nitrogens is 3. The number of hydrogen-bond acceptors (Lipinski definition) is 8. The summed E-state index contributed by atoms with van der Waals surface area (Å²) in [5.74, 6) is 1.92. The van der Waals surface area contributed by atoms with Gasteiger partial charge in [0.25, 0.3) is 0 Å². The first kappa shape index (κ1) is 21.8. The largest absolute Gasteiger partial charge is 0.495 e. The second-order valence-electron chi connectivity index (χ2n) is 8.11. The number of para-hydroxylation sites is 3. The molecule has 1 aliphatic rings. The van der Waals surface area contributed by atoms with Crippen LogP contribution in [-0.4, -0.2) is 47.1 Å². The quantitative estimate of drug-likeness (QED) is 0.554. The Morgan fingerprint density at radius 1 is 0.969 bits per heavy atom. The summed E-state index contributed by atoms with van der Waals surface area (Å²) >= 11 is 0. The molecule has 32 heavy (non-hydrogen) atoms. The van der Waals surface area contributed by atoms with Gasteiger partial charge in [0.1, 0.15) is 11.6 Å². The number of hydrogen-bond donors (Lipinski definition) is 2. The summed E-state index contributed by atoms with van der Waals surface area (Å²) in [6.07, 6.45) is 3.84. The first-order valence-electron chi connectivity index (χ1n) is 11.0. The number of nitrogen functional groups attached to an aromatic ring is 1. The number of piperidine rings is 1. The maximum absolute atomic E-state index is 5.97. The Kier molecular flexibility index (Phi) is 7.01. The lowest BCUT2D eigenvalue weighted by Gasteiger charge is -2.31. The summed E-state index contributed by atoms with van der Waals surface area (Å²) in [7, 11) is 3.70. The zero-order valence-corrected chi connectivity index (χ0v) is 18.8. The van der Waals surface area contributed by atoms with E-state index < -0.39 is 0 Å². The van der Waals surface area contributed by atoms with Gasteiger partial charge in [-0.05, 0) is 50.1 Å². The van der Waals surface area contributed by atoms with E-state index in [-0.39, 0.29) is 5.95 Å². The van der Waals surface area contributed by atoms with Crippen molar-refractivity contribution < 1.29 is 4.74 Å². The molecule has 3 N–H and O–H groups in total. The van der Waals surface area contributed by atoms with Crippen molar-refractivity contribution >= 4 is 23.3 Å². The zero-order chi connectivity index (χ0) is 22.3. The lowest BCUT2D eigenvalue weighted by molar-refractivity contribution is 0.310. The van der Waals surface area contributed by atoms with Crippen LogP contribution in [0.5, 0.6) is 5.75 Å². The molecule has 0 unspecified atom stereocenters. The number of nitrogens with one attached hydrogen (secondary N) is 1. The van der Waals surface area contributed by atoms with E-state index in [0.717, 1.165) is 25.3 Å². The van der Waals surface area contributed by atoms with Crippen molar-refractivity contribution in [2.75, 3.05) is 43.2 Å². The maximum atomic E-state index is 5.97. The Labute approximate surface area is 189 Å². The molecule has 0 bridgehead atoms. The Morgan fingerprint density at radius 2 is 1.72 bits per heavy atom. The maximum Gasteiger partial charge on any atom is 0.232 e. The van der Waals surface area contributed by atoms with Crippen molar-refractivity contribution in [1.29, 1.82) is 0 Å². The fraction of sp³-hybridized carbons (Fsp3) is 0.375. The van der Waals surface area contributed by atoms with E-state index in [9.17, 15) is 0 Å². The molecule has 0 amide bonds. The molecule has 0 spiro atoms. The standard InChI is InChI=1S/C24H31N7O/c1-30(16-18-10-4-6-12-20(18)31-14-8-3-9-15-31)17-22-27-23(25)29-24(28-22)26-19-11-5-7-13-21(19)32-2/h4-7,10-13H,3,8-9,14-17H2,1-2H3,(H3,25,26,27,28,29). The molecule has 1 aliphatic heterocycles. The Hall–Kier alpha value is -3.39. The number of ether oxygens (including phenoxy) is 1. The van der Waals surface area contributed by atoms with E-state index in [0.29, 0.717) is 24.1 Å². The summed E-state index contributed by atoms with van der Waals surface area (Å²) in [5.41, 5.74) is 9.39. The molecular weight excluding hydrogens is 402 g/mol. The van der Waals surface area contributed by atoms with E-state index in [4.69, 9.17) is 10.5 Å². The summed E-state index contributed by atoms with van der Waals surface area (Å²) in [6.45, 7) is 3.61. The van der Waals surface area contributed by atoms with E-state index in [1.54, 1.807) is 7.11 Å². The molecule has 8 nitrogen and oxygen atoms in total. The van der Waals surface area contributed by atoms with Crippen molar-refractivity contribution in [2.24, 2.45) is 0 Å². The molecule has 1 fully saturated rings. The highest BCUT2D eigenvalue weighted by molar-refractivity contribution is 5.62. The average molecular weight is 434 g/mol. The molecule has 0 aliphatic carbocycles. The van der Waals surface area contributed by atoms with E-state index in [1.165, 1.54) is 30.5 Å². The summed E-state index contributed by atoms with van der Waals surface area (Å²) in [6, 6.07) is 16.3. The third-order valence-electron chi connectivity index (χ3n) is 5.59. The molecule has 8 heteroatoms. The van der Waals surface area contributed by atoms with Gasteiger partial charge in [-0.3, -0.25) is 4.90 Å². The van der Waals surface area contributed by atoms with Gasteiger partial charge in [-0.15, -0.1) is 0 Å². The molecule has 0 radical (unpaired) electrons. The van der Waals surface area contributed by atoms with Crippen LogP contribution in [0, 0.1) is 0 Å². The minimum atomic E-state index is 0.189. The lowest BCUT2D eigenvalue weighted by Crippen LogP contribution is -2.31. The van der Waals surface area contributed by atoms with Crippen molar-refractivity contribution in [3.8, 4) is 5.75 Å². The highest BCUT2D eigenvalue weighted by Gasteiger charge is 2.16. The van der Waals surface area contributed by atoms with Crippen molar-refractivity contribution in [3.63, 3.8) is 0 Å². The number of anilines is 4. The van der Waals surface area contributed by atoms with Crippen molar-refractivity contribution in [1.82, 2.24) is 19.9 Å². The lowest BCUT2D eigenvalue weighted by atomic mass is 10.1. The second kappa shape index (κ2) is 10.3. The minimum absolute atomic E-state index is 0.189. The topological polar surface area (TPSA) is 92.4 Å². The van der Waals surface area contributed by atoms with Crippen LogP contribution in [0.2, 0.25) is 0 Å². The van der Waals surface area contributed by atoms with E-state index in [1.807, 2.05) is 24.3 Å². The molecule has 168 valence electrons. The molecule has 2 aromatic carbocycles. The summed E-state index contributed by atoms with van der Waals surface area (Å²) in [4.78, 5) is 17.9. The van der Waals surface area contributed by atoms with E-state index in [2.05, 4.69) is 61.4 Å². The summed E-state index contributed by atoms with van der Waals surface area (Å²) < 4.78 is 5.39. The molecule has 1 aromatic heterocycles. The highest BCUT2D eigenvalue weighted by atomic mass is 16.5. The van der Waals surface area contributed by atoms with Crippen LogP contribution in [0.4, 0.5) is 23.3 Å².